The average molecular weight is 336 g/mol. The summed E-state index contributed by atoms with van der Waals surface area (Å²) < 4.78 is 2.15. The second kappa shape index (κ2) is 6.45. The van der Waals surface area contributed by atoms with E-state index in [4.69, 9.17) is 0 Å². The predicted octanol–water partition coefficient (Wildman–Crippen LogP) is 4.24. The summed E-state index contributed by atoms with van der Waals surface area (Å²) in [6.07, 6.45) is 6.26. The number of ketones is 1. The molecule has 2 unspecified atom stereocenters. The topological polar surface area (TPSA) is 25.2 Å². The summed E-state index contributed by atoms with van der Waals surface area (Å²) in [5.74, 6) is 0.979. The zero-order valence-corrected chi connectivity index (χ0v) is 15.5. The number of fused-ring (bicyclic) bond motifs is 2. The quantitative estimate of drug-likeness (QED) is 0.834. The van der Waals surface area contributed by atoms with Crippen molar-refractivity contribution in [3.05, 3.63) is 48.2 Å². The second-order valence-corrected chi connectivity index (χ2v) is 7.78. The third-order valence-electron chi connectivity index (χ3n) is 6.57. The summed E-state index contributed by atoms with van der Waals surface area (Å²) in [6.45, 7) is 2.01. The van der Waals surface area contributed by atoms with Crippen LogP contribution in [0.15, 0.2) is 42.6 Å². The average Bonchev–Trinajstić information content (AvgIpc) is 3.14. The van der Waals surface area contributed by atoms with Crippen molar-refractivity contribution in [2.75, 3.05) is 7.05 Å². The van der Waals surface area contributed by atoms with Gasteiger partial charge in [0.25, 0.3) is 0 Å². The highest BCUT2D eigenvalue weighted by atomic mass is 16.1. The van der Waals surface area contributed by atoms with Crippen molar-refractivity contribution in [2.24, 2.45) is 13.0 Å². The lowest BCUT2D eigenvalue weighted by atomic mass is 9.73. The van der Waals surface area contributed by atoms with E-state index >= 15 is 0 Å². The molecule has 3 heteroatoms. The van der Waals surface area contributed by atoms with Gasteiger partial charge in [-0.25, -0.2) is 0 Å². The van der Waals surface area contributed by atoms with Gasteiger partial charge in [0.2, 0.25) is 0 Å². The van der Waals surface area contributed by atoms with Crippen molar-refractivity contribution in [3.8, 4) is 11.3 Å². The van der Waals surface area contributed by atoms with Crippen molar-refractivity contribution >= 4 is 5.78 Å². The van der Waals surface area contributed by atoms with Crippen LogP contribution in [0.4, 0.5) is 0 Å². The Morgan fingerprint density at radius 1 is 1.12 bits per heavy atom. The maximum Gasteiger partial charge on any atom is 0.137 e. The monoisotopic (exact) mass is 336 g/mol. The van der Waals surface area contributed by atoms with Gasteiger partial charge >= 0.3 is 0 Å². The number of rotatable bonds is 4. The van der Waals surface area contributed by atoms with Crippen LogP contribution < -0.4 is 0 Å². The van der Waals surface area contributed by atoms with Gasteiger partial charge < -0.3 is 4.57 Å². The second-order valence-electron chi connectivity index (χ2n) is 7.78. The lowest BCUT2D eigenvalue weighted by Crippen LogP contribution is -2.48. The molecule has 2 fully saturated rings. The van der Waals surface area contributed by atoms with E-state index in [0.717, 1.165) is 6.42 Å². The summed E-state index contributed by atoms with van der Waals surface area (Å²) in [6, 6.07) is 14.3. The number of aryl methyl sites for hydroxylation is 1. The first-order valence-electron chi connectivity index (χ1n) is 9.56. The number of hydrogen-bond donors (Lipinski definition) is 0. The Morgan fingerprint density at radius 2 is 1.88 bits per heavy atom. The van der Waals surface area contributed by atoms with Gasteiger partial charge in [-0.05, 0) is 55.5 Å². The van der Waals surface area contributed by atoms with Crippen LogP contribution in [0, 0.1) is 5.92 Å². The molecule has 2 aliphatic heterocycles. The molecule has 132 valence electrons. The van der Waals surface area contributed by atoms with Crippen molar-refractivity contribution < 1.29 is 4.79 Å². The van der Waals surface area contributed by atoms with Gasteiger partial charge in [-0.2, -0.15) is 0 Å². The molecule has 2 aromatic rings. The summed E-state index contributed by atoms with van der Waals surface area (Å²) in [5, 5.41) is 0. The molecule has 0 radical (unpaired) electrons. The molecule has 4 atom stereocenters. The summed E-state index contributed by atoms with van der Waals surface area (Å²) in [4.78, 5) is 15.2. The van der Waals surface area contributed by atoms with Gasteiger partial charge in [-0.1, -0.05) is 31.2 Å². The molecule has 0 spiro atoms. The minimum Gasteiger partial charge on any atom is -0.351 e. The van der Waals surface area contributed by atoms with Crippen LogP contribution in [-0.2, 0) is 11.8 Å². The first-order chi connectivity index (χ1) is 12.1. The van der Waals surface area contributed by atoms with Crippen LogP contribution in [0.5, 0.6) is 0 Å². The van der Waals surface area contributed by atoms with Crippen molar-refractivity contribution in [2.45, 2.75) is 50.6 Å². The van der Waals surface area contributed by atoms with Gasteiger partial charge in [0, 0.05) is 43.4 Å². The fourth-order valence-corrected chi connectivity index (χ4v) is 5.15. The van der Waals surface area contributed by atoms with E-state index in [1.54, 1.807) is 0 Å². The Hall–Kier alpha value is -1.87. The van der Waals surface area contributed by atoms with Gasteiger partial charge in [-0.3, -0.25) is 9.69 Å². The highest BCUT2D eigenvalue weighted by Gasteiger charge is 2.48. The smallest absolute Gasteiger partial charge is 0.137 e. The fourth-order valence-electron chi connectivity index (χ4n) is 5.15. The molecule has 0 amide bonds. The largest absolute Gasteiger partial charge is 0.351 e. The molecule has 3 heterocycles. The van der Waals surface area contributed by atoms with Crippen molar-refractivity contribution in [1.29, 1.82) is 0 Å². The van der Waals surface area contributed by atoms with Crippen molar-refractivity contribution in [3.63, 3.8) is 0 Å². The summed E-state index contributed by atoms with van der Waals surface area (Å²) in [7, 11) is 4.29. The number of Topliss-reactive ketones (excluding diaryl/α,β-unsaturated/α-hetero) is 1. The van der Waals surface area contributed by atoms with E-state index in [0.29, 0.717) is 30.2 Å². The maximum absolute atomic E-state index is 12.8. The molecule has 4 rings (SSSR count). The van der Waals surface area contributed by atoms with E-state index in [2.05, 4.69) is 66.2 Å². The highest BCUT2D eigenvalue weighted by Crippen LogP contribution is 2.47. The van der Waals surface area contributed by atoms with Gasteiger partial charge in [-0.15, -0.1) is 0 Å². The molecule has 2 saturated heterocycles. The van der Waals surface area contributed by atoms with Crippen LogP contribution >= 0.6 is 0 Å². The van der Waals surface area contributed by atoms with E-state index < -0.39 is 0 Å². The Kier molecular flexibility index (Phi) is 4.28. The summed E-state index contributed by atoms with van der Waals surface area (Å²) >= 11 is 0. The molecular formula is C22H28N2O. The van der Waals surface area contributed by atoms with E-state index in [-0.39, 0.29) is 5.92 Å². The molecule has 0 aliphatic carbocycles. The maximum atomic E-state index is 12.8. The van der Waals surface area contributed by atoms with Crippen LogP contribution in [0.3, 0.4) is 0 Å². The Labute approximate surface area is 150 Å². The van der Waals surface area contributed by atoms with Crippen LogP contribution in [0.2, 0.25) is 0 Å². The van der Waals surface area contributed by atoms with Gasteiger partial charge in [0.1, 0.15) is 5.78 Å². The summed E-state index contributed by atoms with van der Waals surface area (Å²) in [5.41, 5.74) is 3.82. The lowest BCUT2D eigenvalue weighted by Gasteiger charge is -2.42. The number of benzene rings is 1. The first kappa shape index (κ1) is 16.6. The zero-order valence-electron chi connectivity index (χ0n) is 15.5. The SMILES string of the molecule is CCC(=O)[C@@H]1C2CCC(C[C@@H]1c1ccc(-c3cccn3C)cc1)N2C. The predicted molar refractivity (Wildman–Crippen MR) is 102 cm³/mol. The van der Waals surface area contributed by atoms with E-state index in [1.807, 2.05) is 6.92 Å². The Bertz CT molecular complexity index is 761. The molecule has 0 N–H and O–H groups in total. The molecule has 1 aromatic heterocycles. The van der Waals surface area contributed by atoms with Gasteiger partial charge in [0.05, 0.1) is 0 Å². The van der Waals surface area contributed by atoms with E-state index in [1.165, 1.54) is 29.7 Å². The number of hydrogen-bond acceptors (Lipinski definition) is 2. The zero-order chi connectivity index (χ0) is 17.6. The van der Waals surface area contributed by atoms with Gasteiger partial charge in [0.15, 0.2) is 0 Å². The fraction of sp³-hybridized carbons (Fsp3) is 0.500. The standard InChI is InChI=1S/C22H28N2O/c1-4-21(25)22-18(14-17-11-12-20(22)24(17)3)15-7-9-16(10-8-15)19-6-5-13-23(19)2/h5-10,13,17-18,20,22H,4,11-12,14H2,1-3H3/t17?,18-,20?,22+/m1/s1. The molecule has 25 heavy (non-hydrogen) atoms. The molecule has 2 aliphatic rings. The minimum absolute atomic E-state index is 0.162. The Morgan fingerprint density at radius 3 is 2.52 bits per heavy atom. The lowest BCUT2D eigenvalue weighted by molar-refractivity contribution is -0.126. The number of nitrogens with zero attached hydrogens (tertiary/aromatic N) is 2. The molecule has 1 aromatic carbocycles. The third-order valence-corrected chi connectivity index (χ3v) is 6.57. The van der Waals surface area contributed by atoms with Crippen molar-refractivity contribution in [1.82, 2.24) is 9.47 Å². The third kappa shape index (κ3) is 2.75. The number of carbonyl (C=O) groups excluding carboxylic acids is 1. The van der Waals surface area contributed by atoms with Crippen LogP contribution in [0.1, 0.15) is 44.1 Å². The number of piperidine rings is 1. The number of aromatic nitrogens is 1. The van der Waals surface area contributed by atoms with Crippen LogP contribution in [0.25, 0.3) is 11.3 Å². The first-order valence-corrected chi connectivity index (χ1v) is 9.56. The Balaban J connectivity index is 1.65. The molecule has 0 saturated carbocycles. The molecule has 2 bridgehead atoms. The molecule has 3 nitrogen and oxygen atoms in total. The van der Waals surface area contributed by atoms with Crippen LogP contribution in [-0.4, -0.2) is 34.4 Å². The normalized spacial score (nSPS) is 29.1. The van der Waals surface area contributed by atoms with E-state index in [9.17, 15) is 4.79 Å². The minimum atomic E-state index is 0.162. The molecular weight excluding hydrogens is 308 g/mol. The number of carbonyl (C=O) groups is 1. The highest BCUT2D eigenvalue weighted by molar-refractivity contribution is 5.83.